The summed E-state index contributed by atoms with van der Waals surface area (Å²) in [5.74, 6) is 1.97. The molecule has 0 aromatic carbocycles. The van der Waals surface area contributed by atoms with Gasteiger partial charge in [-0.1, -0.05) is 13.8 Å². The molecule has 162 valence electrons. The Hall–Kier alpha value is -0.950. The molecule has 11 heteroatoms. The third-order valence-corrected chi connectivity index (χ3v) is 6.69. The molecule has 1 fully saturated rings. The van der Waals surface area contributed by atoms with Crippen LogP contribution in [0.1, 0.15) is 45.9 Å². The van der Waals surface area contributed by atoms with Gasteiger partial charge in [-0.2, -0.15) is 0 Å². The van der Waals surface area contributed by atoms with E-state index in [1.54, 1.807) is 10.6 Å². The average Bonchev–Trinajstić information content (AvgIpc) is 3.10. The molecule has 0 unspecified atom stereocenters. The standard InChI is InChI=1S/C17H33N7O2S.HI/c1-4-13-27(25,26)24-10-7-15(8-11-24)21-17(18-6-3)19-9-12-23-14-20-22-16(23)5-2;/h14-15H,4-13H2,1-3H3,(H2,18,19,21);1H. The normalized spacial score (nSPS) is 16.6. The molecule has 0 radical (unpaired) electrons. The predicted octanol–water partition coefficient (Wildman–Crippen LogP) is 1.22. The Morgan fingerprint density at radius 3 is 2.61 bits per heavy atom. The smallest absolute Gasteiger partial charge is 0.214 e. The first-order chi connectivity index (χ1) is 13.0. The van der Waals surface area contributed by atoms with E-state index in [0.29, 0.717) is 26.1 Å². The quantitative estimate of drug-likeness (QED) is 0.284. The Labute approximate surface area is 185 Å². The average molecular weight is 527 g/mol. The van der Waals surface area contributed by atoms with Gasteiger partial charge in [-0.15, -0.1) is 34.2 Å². The van der Waals surface area contributed by atoms with Crippen LogP contribution in [0.5, 0.6) is 0 Å². The summed E-state index contributed by atoms with van der Waals surface area (Å²) < 4.78 is 28.0. The molecule has 2 rings (SSSR count). The van der Waals surface area contributed by atoms with Crippen molar-refractivity contribution in [2.75, 3.05) is 31.9 Å². The molecule has 0 bridgehead atoms. The van der Waals surface area contributed by atoms with Crippen LogP contribution in [-0.4, -0.2) is 71.4 Å². The van der Waals surface area contributed by atoms with Crippen LogP contribution in [0.15, 0.2) is 11.3 Å². The minimum Gasteiger partial charge on any atom is -0.357 e. The number of hydrogen-bond donors (Lipinski definition) is 2. The molecule has 1 aromatic heterocycles. The molecule has 1 aliphatic rings. The zero-order valence-electron chi connectivity index (χ0n) is 17.1. The molecule has 0 amide bonds. The van der Waals surface area contributed by atoms with E-state index in [1.165, 1.54) is 0 Å². The van der Waals surface area contributed by atoms with E-state index in [2.05, 4.69) is 32.7 Å². The summed E-state index contributed by atoms with van der Waals surface area (Å²) in [6, 6.07) is 0.233. The molecule has 28 heavy (non-hydrogen) atoms. The van der Waals surface area contributed by atoms with Gasteiger partial charge in [0.1, 0.15) is 12.2 Å². The molecule has 2 heterocycles. The lowest BCUT2D eigenvalue weighted by Gasteiger charge is -2.32. The van der Waals surface area contributed by atoms with Gasteiger partial charge in [0, 0.05) is 38.6 Å². The summed E-state index contributed by atoms with van der Waals surface area (Å²) in [7, 11) is -3.10. The Balaban J connectivity index is 0.00000392. The van der Waals surface area contributed by atoms with Crippen LogP contribution >= 0.6 is 24.0 Å². The Kier molecular flexibility index (Phi) is 11.3. The monoisotopic (exact) mass is 527 g/mol. The molecule has 0 aliphatic carbocycles. The topological polar surface area (TPSA) is 105 Å². The van der Waals surface area contributed by atoms with Gasteiger partial charge in [-0.05, 0) is 26.2 Å². The van der Waals surface area contributed by atoms with Crippen molar-refractivity contribution in [2.24, 2.45) is 4.99 Å². The van der Waals surface area contributed by atoms with E-state index in [0.717, 1.165) is 44.1 Å². The van der Waals surface area contributed by atoms with Crippen LogP contribution in [0.25, 0.3) is 0 Å². The highest BCUT2D eigenvalue weighted by Crippen LogP contribution is 2.15. The number of aliphatic imine (C=N–C) groups is 1. The first kappa shape index (κ1) is 25.1. The van der Waals surface area contributed by atoms with E-state index < -0.39 is 10.0 Å². The van der Waals surface area contributed by atoms with Gasteiger partial charge in [0.05, 0.1) is 12.3 Å². The van der Waals surface area contributed by atoms with Crippen molar-refractivity contribution in [3.63, 3.8) is 0 Å². The van der Waals surface area contributed by atoms with Crippen LogP contribution in [0.2, 0.25) is 0 Å². The molecule has 0 spiro atoms. The van der Waals surface area contributed by atoms with Crippen molar-refractivity contribution >= 4 is 40.0 Å². The van der Waals surface area contributed by atoms with Gasteiger partial charge in [-0.25, -0.2) is 12.7 Å². The molecule has 0 atom stereocenters. The second kappa shape index (κ2) is 12.6. The number of aromatic nitrogens is 3. The summed E-state index contributed by atoms with van der Waals surface area (Å²) in [5.41, 5.74) is 0. The molecule has 0 saturated carbocycles. The maximum absolute atomic E-state index is 12.2. The number of piperidine rings is 1. The van der Waals surface area contributed by atoms with Crippen LogP contribution < -0.4 is 10.6 Å². The SMILES string of the molecule is CCCS(=O)(=O)N1CCC(NC(=NCCn2cnnc2CC)NCC)CC1.I. The number of nitrogens with zero attached hydrogens (tertiary/aromatic N) is 5. The Bertz CT molecular complexity index is 700. The van der Waals surface area contributed by atoms with E-state index in [1.807, 2.05) is 18.4 Å². The predicted molar refractivity (Wildman–Crippen MR) is 123 cm³/mol. The zero-order valence-corrected chi connectivity index (χ0v) is 20.2. The fourth-order valence-electron chi connectivity index (χ4n) is 3.19. The van der Waals surface area contributed by atoms with Crippen LogP contribution in [-0.2, 0) is 23.0 Å². The van der Waals surface area contributed by atoms with Gasteiger partial charge in [0.15, 0.2) is 5.96 Å². The summed E-state index contributed by atoms with van der Waals surface area (Å²) in [6.07, 6.45) is 4.82. The number of halogens is 1. The van der Waals surface area contributed by atoms with Gasteiger partial charge >= 0.3 is 0 Å². The van der Waals surface area contributed by atoms with Crippen molar-refractivity contribution in [3.8, 4) is 0 Å². The highest BCUT2D eigenvalue weighted by molar-refractivity contribution is 14.0. The van der Waals surface area contributed by atoms with E-state index in [4.69, 9.17) is 0 Å². The van der Waals surface area contributed by atoms with Crippen molar-refractivity contribution in [2.45, 2.75) is 59.0 Å². The maximum Gasteiger partial charge on any atom is 0.214 e. The van der Waals surface area contributed by atoms with Crippen LogP contribution in [0.3, 0.4) is 0 Å². The minimum atomic E-state index is -3.10. The van der Waals surface area contributed by atoms with Crippen LogP contribution in [0, 0.1) is 0 Å². The number of nitrogens with one attached hydrogen (secondary N) is 2. The molecule has 9 nitrogen and oxygen atoms in total. The highest BCUT2D eigenvalue weighted by Gasteiger charge is 2.27. The molecule has 2 N–H and O–H groups in total. The lowest BCUT2D eigenvalue weighted by atomic mass is 10.1. The van der Waals surface area contributed by atoms with Crippen molar-refractivity contribution in [1.82, 2.24) is 29.7 Å². The van der Waals surface area contributed by atoms with Crippen molar-refractivity contribution in [1.29, 1.82) is 0 Å². The zero-order chi connectivity index (χ0) is 19.7. The summed E-state index contributed by atoms with van der Waals surface area (Å²) in [6.45, 7) is 9.27. The summed E-state index contributed by atoms with van der Waals surface area (Å²) >= 11 is 0. The molecule has 1 aliphatic heterocycles. The molecular formula is C17H34IN7O2S. The third-order valence-electron chi connectivity index (χ3n) is 4.62. The second-order valence-corrected chi connectivity index (χ2v) is 8.78. The highest BCUT2D eigenvalue weighted by atomic mass is 127. The third kappa shape index (κ3) is 7.47. The first-order valence-electron chi connectivity index (χ1n) is 9.89. The summed E-state index contributed by atoms with van der Waals surface area (Å²) in [5, 5.41) is 14.7. The van der Waals surface area contributed by atoms with Gasteiger partial charge < -0.3 is 15.2 Å². The number of aryl methyl sites for hydroxylation is 1. The van der Waals surface area contributed by atoms with Gasteiger partial charge in [-0.3, -0.25) is 4.99 Å². The summed E-state index contributed by atoms with van der Waals surface area (Å²) in [4.78, 5) is 4.64. The number of hydrogen-bond acceptors (Lipinski definition) is 5. The number of guanidine groups is 1. The van der Waals surface area contributed by atoms with E-state index >= 15 is 0 Å². The van der Waals surface area contributed by atoms with Crippen molar-refractivity contribution in [3.05, 3.63) is 12.2 Å². The minimum absolute atomic E-state index is 0. The lowest BCUT2D eigenvalue weighted by Crippen LogP contribution is -2.50. The maximum atomic E-state index is 12.2. The lowest BCUT2D eigenvalue weighted by molar-refractivity contribution is 0.306. The van der Waals surface area contributed by atoms with Crippen molar-refractivity contribution < 1.29 is 8.42 Å². The fourth-order valence-corrected chi connectivity index (χ4v) is 4.73. The molecular weight excluding hydrogens is 493 g/mol. The van der Waals surface area contributed by atoms with E-state index in [9.17, 15) is 8.42 Å². The second-order valence-electron chi connectivity index (χ2n) is 6.69. The molecule has 1 saturated heterocycles. The fraction of sp³-hybridized carbons (Fsp3) is 0.824. The number of rotatable bonds is 9. The Morgan fingerprint density at radius 1 is 1.29 bits per heavy atom. The largest absolute Gasteiger partial charge is 0.357 e. The van der Waals surface area contributed by atoms with Gasteiger partial charge in [0.25, 0.3) is 0 Å². The first-order valence-corrected chi connectivity index (χ1v) is 11.5. The number of sulfonamides is 1. The van der Waals surface area contributed by atoms with Crippen LogP contribution in [0.4, 0.5) is 0 Å². The molecule has 1 aromatic rings. The van der Waals surface area contributed by atoms with E-state index in [-0.39, 0.29) is 35.8 Å². The van der Waals surface area contributed by atoms with Gasteiger partial charge in [0.2, 0.25) is 10.0 Å². The Morgan fingerprint density at radius 2 is 2.00 bits per heavy atom.